The molecule has 0 aliphatic heterocycles. The van der Waals surface area contributed by atoms with Crippen molar-refractivity contribution in [2.24, 2.45) is 0 Å². The highest BCUT2D eigenvalue weighted by molar-refractivity contribution is 6.09. The molecule has 1 aliphatic rings. The Hall–Kier alpha value is -1.60. The predicted molar refractivity (Wildman–Crippen MR) is 63.7 cm³/mol. The second-order valence-corrected chi connectivity index (χ2v) is 3.85. The molecule has 0 bridgehead atoms. The fourth-order valence-corrected chi connectivity index (χ4v) is 2.30. The Morgan fingerprint density at radius 1 is 1.07 bits per heavy atom. The quantitative estimate of drug-likeness (QED) is 0.715. The van der Waals surface area contributed by atoms with E-state index in [0.29, 0.717) is 6.61 Å². The molecule has 1 nitrogen and oxygen atoms in total. The standard InChI is InChI=1S/C14H12O/c1-15-9-12-8-11-6-2-4-10-5-3-7-13(12)14(10)11/h2-8H,9H2,1H3. The van der Waals surface area contributed by atoms with Crippen LogP contribution in [0.15, 0.2) is 36.4 Å². The van der Waals surface area contributed by atoms with Crippen LogP contribution in [0.4, 0.5) is 0 Å². The second kappa shape index (κ2) is 3.21. The summed E-state index contributed by atoms with van der Waals surface area (Å²) in [7, 11) is 1.74. The molecule has 1 aliphatic carbocycles. The third-order valence-corrected chi connectivity index (χ3v) is 2.91. The van der Waals surface area contributed by atoms with Crippen molar-refractivity contribution in [2.75, 3.05) is 13.7 Å². The van der Waals surface area contributed by atoms with E-state index in [1.165, 1.54) is 27.5 Å². The van der Waals surface area contributed by atoms with Crippen LogP contribution in [0.3, 0.4) is 0 Å². The number of rotatable bonds is 2. The van der Waals surface area contributed by atoms with Crippen molar-refractivity contribution >= 4 is 22.4 Å². The Balaban J connectivity index is 2.30. The maximum atomic E-state index is 5.22. The molecule has 74 valence electrons. The minimum absolute atomic E-state index is 0.688. The number of methoxy groups -OCH3 is 1. The molecule has 0 fully saturated rings. The van der Waals surface area contributed by atoms with Gasteiger partial charge in [0.15, 0.2) is 0 Å². The number of hydrogen-bond acceptors (Lipinski definition) is 1. The zero-order chi connectivity index (χ0) is 10.3. The van der Waals surface area contributed by atoms with Gasteiger partial charge in [-0.05, 0) is 33.5 Å². The summed E-state index contributed by atoms with van der Waals surface area (Å²) in [4.78, 5) is 0. The summed E-state index contributed by atoms with van der Waals surface area (Å²) in [5, 5.41) is 2.68. The predicted octanol–water partition coefficient (Wildman–Crippen LogP) is 3.34. The first-order valence-corrected chi connectivity index (χ1v) is 5.12. The SMILES string of the molecule is COCC1=Cc2cccc3cccc1c23. The molecule has 3 rings (SSSR count). The maximum absolute atomic E-state index is 5.22. The molecule has 0 atom stereocenters. The van der Waals surface area contributed by atoms with E-state index < -0.39 is 0 Å². The molecular formula is C14H12O. The highest BCUT2D eigenvalue weighted by atomic mass is 16.5. The third kappa shape index (κ3) is 1.20. The van der Waals surface area contributed by atoms with Gasteiger partial charge in [0.1, 0.15) is 0 Å². The molecule has 0 aromatic heterocycles. The van der Waals surface area contributed by atoms with Crippen LogP contribution in [0.2, 0.25) is 0 Å². The van der Waals surface area contributed by atoms with Crippen LogP contribution in [0.1, 0.15) is 11.1 Å². The molecule has 0 radical (unpaired) electrons. The molecule has 2 aromatic carbocycles. The zero-order valence-corrected chi connectivity index (χ0v) is 8.66. The molecule has 2 aromatic rings. The number of ether oxygens (including phenoxy) is 1. The van der Waals surface area contributed by atoms with Crippen LogP contribution in [-0.2, 0) is 4.74 Å². The van der Waals surface area contributed by atoms with Gasteiger partial charge in [0.05, 0.1) is 6.61 Å². The first-order valence-electron chi connectivity index (χ1n) is 5.12. The highest BCUT2D eigenvalue weighted by Crippen LogP contribution is 2.36. The van der Waals surface area contributed by atoms with Crippen LogP contribution in [0, 0.1) is 0 Å². The molecule has 0 unspecified atom stereocenters. The summed E-state index contributed by atoms with van der Waals surface area (Å²) in [5.74, 6) is 0. The normalized spacial score (nSPS) is 13.3. The molecule has 0 saturated carbocycles. The lowest BCUT2D eigenvalue weighted by atomic mass is 10.0. The summed E-state index contributed by atoms with van der Waals surface area (Å²) in [6.45, 7) is 0.688. The van der Waals surface area contributed by atoms with Crippen LogP contribution >= 0.6 is 0 Å². The Kier molecular flexibility index (Phi) is 1.86. The molecule has 1 heteroatoms. The Morgan fingerprint density at radius 2 is 1.87 bits per heavy atom. The van der Waals surface area contributed by atoms with Crippen molar-refractivity contribution in [2.45, 2.75) is 0 Å². The topological polar surface area (TPSA) is 9.23 Å². The average molecular weight is 196 g/mol. The Morgan fingerprint density at radius 3 is 2.67 bits per heavy atom. The van der Waals surface area contributed by atoms with Gasteiger partial charge in [0.2, 0.25) is 0 Å². The van der Waals surface area contributed by atoms with Crippen molar-refractivity contribution in [3.05, 3.63) is 47.5 Å². The molecule has 15 heavy (non-hydrogen) atoms. The number of hydrogen-bond donors (Lipinski definition) is 0. The van der Waals surface area contributed by atoms with Gasteiger partial charge >= 0.3 is 0 Å². The van der Waals surface area contributed by atoms with Gasteiger partial charge in [-0.2, -0.15) is 0 Å². The van der Waals surface area contributed by atoms with E-state index in [4.69, 9.17) is 4.74 Å². The maximum Gasteiger partial charge on any atom is 0.0719 e. The molecule has 0 heterocycles. The largest absolute Gasteiger partial charge is 0.380 e. The van der Waals surface area contributed by atoms with E-state index >= 15 is 0 Å². The monoisotopic (exact) mass is 196 g/mol. The van der Waals surface area contributed by atoms with Crippen molar-refractivity contribution < 1.29 is 4.74 Å². The van der Waals surface area contributed by atoms with E-state index in [9.17, 15) is 0 Å². The number of benzene rings is 2. The van der Waals surface area contributed by atoms with E-state index in [2.05, 4.69) is 42.5 Å². The van der Waals surface area contributed by atoms with Crippen molar-refractivity contribution in [3.8, 4) is 0 Å². The molecule has 0 spiro atoms. The Bertz CT molecular complexity index is 547. The average Bonchev–Trinajstić information content (AvgIpc) is 2.61. The van der Waals surface area contributed by atoms with Gasteiger partial charge in [0.25, 0.3) is 0 Å². The van der Waals surface area contributed by atoms with Crippen molar-refractivity contribution in [1.82, 2.24) is 0 Å². The van der Waals surface area contributed by atoms with E-state index in [1.54, 1.807) is 7.11 Å². The summed E-state index contributed by atoms with van der Waals surface area (Å²) >= 11 is 0. The molecular weight excluding hydrogens is 184 g/mol. The lowest BCUT2D eigenvalue weighted by Gasteiger charge is -2.04. The summed E-state index contributed by atoms with van der Waals surface area (Å²) in [6.07, 6.45) is 2.22. The van der Waals surface area contributed by atoms with E-state index in [-0.39, 0.29) is 0 Å². The highest BCUT2D eigenvalue weighted by Gasteiger charge is 2.15. The first-order chi connectivity index (χ1) is 7.40. The zero-order valence-electron chi connectivity index (χ0n) is 8.66. The molecule has 0 amide bonds. The smallest absolute Gasteiger partial charge is 0.0719 e. The summed E-state index contributed by atoms with van der Waals surface area (Å²) < 4.78 is 5.22. The fourth-order valence-electron chi connectivity index (χ4n) is 2.30. The van der Waals surface area contributed by atoms with E-state index in [1.807, 2.05) is 0 Å². The van der Waals surface area contributed by atoms with Crippen LogP contribution < -0.4 is 0 Å². The van der Waals surface area contributed by atoms with Crippen LogP contribution in [0.5, 0.6) is 0 Å². The van der Waals surface area contributed by atoms with Gasteiger partial charge in [0, 0.05) is 7.11 Å². The summed E-state index contributed by atoms with van der Waals surface area (Å²) in [6, 6.07) is 12.9. The van der Waals surface area contributed by atoms with Crippen LogP contribution in [-0.4, -0.2) is 13.7 Å². The Labute approximate surface area is 89.0 Å². The van der Waals surface area contributed by atoms with Gasteiger partial charge in [-0.3, -0.25) is 0 Å². The van der Waals surface area contributed by atoms with Gasteiger partial charge in [-0.1, -0.05) is 36.4 Å². The van der Waals surface area contributed by atoms with Gasteiger partial charge in [-0.25, -0.2) is 0 Å². The molecule has 0 saturated heterocycles. The third-order valence-electron chi connectivity index (χ3n) is 2.91. The second-order valence-electron chi connectivity index (χ2n) is 3.85. The summed E-state index contributed by atoms with van der Waals surface area (Å²) in [5.41, 5.74) is 3.92. The minimum Gasteiger partial charge on any atom is -0.380 e. The lowest BCUT2D eigenvalue weighted by Crippen LogP contribution is -1.90. The van der Waals surface area contributed by atoms with Gasteiger partial charge < -0.3 is 4.74 Å². The van der Waals surface area contributed by atoms with E-state index in [0.717, 1.165) is 0 Å². The first kappa shape index (κ1) is 8.69. The molecule has 0 N–H and O–H groups in total. The van der Waals surface area contributed by atoms with Crippen molar-refractivity contribution in [3.63, 3.8) is 0 Å². The van der Waals surface area contributed by atoms with Crippen LogP contribution in [0.25, 0.3) is 22.4 Å². The van der Waals surface area contributed by atoms with Gasteiger partial charge in [-0.15, -0.1) is 0 Å². The minimum atomic E-state index is 0.688. The lowest BCUT2D eigenvalue weighted by molar-refractivity contribution is 0.240. The van der Waals surface area contributed by atoms with Crippen molar-refractivity contribution in [1.29, 1.82) is 0 Å². The fraction of sp³-hybridized carbons (Fsp3) is 0.143.